The van der Waals surface area contributed by atoms with Crippen LogP contribution >= 0.6 is 0 Å². The van der Waals surface area contributed by atoms with Crippen LogP contribution < -0.4 is 25.6 Å². The zero-order chi connectivity index (χ0) is 21.6. The topological polar surface area (TPSA) is 74.3 Å². The Labute approximate surface area is 183 Å². The zero-order valence-electron chi connectivity index (χ0n) is 18.4. The van der Waals surface area contributed by atoms with Crippen LogP contribution in [0.25, 0.3) is 0 Å². The minimum absolute atomic E-state index is 0.563. The fourth-order valence-electron chi connectivity index (χ4n) is 3.60. The lowest BCUT2D eigenvalue weighted by Crippen LogP contribution is -2.29. The van der Waals surface area contributed by atoms with Gasteiger partial charge in [-0.15, -0.1) is 0 Å². The van der Waals surface area contributed by atoms with Gasteiger partial charge in [-0.1, -0.05) is 12.1 Å². The van der Waals surface area contributed by atoms with Gasteiger partial charge in [0.2, 0.25) is 5.95 Å². The Morgan fingerprint density at radius 2 is 1.77 bits per heavy atom. The number of nitrogens with zero attached hydrogens (tertiary/aromatic N) is 3. The molecule has 0 radical (unpaired) electrons. The van der Waals surface area contributed by atoms with Gasteiger partial charge in [-0.2, -0.15) is 9.97 Å². The predicted molar refractivity (Wildman–Crippen MR) is 127 cm³/mol. The van der Waals surface area contributed by atoms with Crippen LogP contribution in [0.1, 0.15) is 17.5 Å². The average molecular weight is 419 g/mol. The molecule has 0 aliphatic carbocycles. The highest BCUT2D eigenvalue weighted by molar-refractivity contribution is 5.66. The molecule has 0 spiro atoms. The molecule has 1 aliphatic rings. The molecule has 7 nitrogen and oxygen atoms in total. The van der Waals surface area contributed by atoms with E-state index >= 15 is 0 Å². The van der Waals surface area contributed by atoms with E-state index in [1.54, 1.807) is 7.11 Å². The predicted octanol–water partition coefficient (Wildman–Crippen LogP) is 4.39. The third kappa shape index (κ3) is 5.44. The van der Waals surface area contributed by atoms with E-state index in [2.05, 4.69) is 52.9 Å². The van der Waals surface area contributed by atoms with Crippen molar-refractivity contribution in [3.8, 4) is 5.75 Å². The molecule has 0 saturated carbocycles. The van der Waals surface area contributed by atoms with Crippen molar-refractivity contribution < 1.29 is 4.74 Å². The average Bonchev–Trinajstić information content (AvgIpc) is 3.06. The lowest BCUT2D eigenvalue weighted by Gasteiger charge is -2.22. The monoisotopic (exact) mass is 418 g/mol. The lowest BCUT2D eigenvalue weighted by molar-refractivity contribution is 0.415. The molecule has 0 amide bonds. The summed E-state index contributed by atoms with van der Waals surface area (Å²) >= 11 is 0. The second-order valence-corrected chi connectivity index (χ2v) is 7.82. The van der Waals surface area contributed by atoms with Gasteiger partial charge in [0.25, 0.3) is 0 Å². The van der Waals surface area contributed by atoms with E-state index in [1.807, 2.05) is 30.3 Å². The summed E-state index contributed by atoms with van der Waals surface area (Å²) in [7, 11) is 1.66. The smallest absolute Gasteiger partial charge is 0.231 e. The Morgan fingerprint density at radius 3 is 2.58 bits per heavy atom. The van der Waals surface area contributed by atoms with Crippen molar-refractivity contribution in [3.63, 3.8) is 0 Å². The molecule has 31 heavy (non-hydrogen) atoms. The number of benzene rings is 2. The number of aryl methyl sites for hydroxylation is 2. The largest absolute Gasteiger partial charge is 0.497 e. The second kappa shape index (κ2) is 9.66. The molecular formula is C24H30N6O. The number of rotatable bonds is 6. The normalized spacial score (nSPS) is 14.1. The molecule has 1 saturated heterocycles. The van der Waals surface area contributed by atoms with Gasteiger partial charge in [0.15, 0.2) is 0 Å². The van der Waals surface area contributed by atoms with Crippen molar-refractivity contribution in [1.82, 2.24) is 15.3 Å². The van der Waals surface area contributed by atoms with Gasteiger partial charge >= 0.3 is 0 Å². The van der Waals surface area contributed by atoms with Crippen molar-refractivity contribution >= 4 is 29.0 Å². The summed E-state index contributed by atoms with van der Waals surface area (Å²) in [5.74, 6) is 3.07. The fourth-order valence-corrected chi connectivity index (χ4v) is 3.60. The van der Waals surface area contributed by atoms with Gasteiger partial charge in [0, 0.05) is 37.1 Å². The minimum atomic E-state index is 0.563. The highest BCUT2D eigenvalue weighted by Gasteiger charge is 2.15. The van der Waals surface area contributed by atoms with E-state index in [1.165, 1.54) is 11.1 Å². The first-order chi connectivity index (χ1) is 15.1. The summed E-state index contributed by atoms with van der Waals surface area (Å²) in [5.41, 5.74) is 4.35. The quantitative estimate of drug-likeness (QED) is 0.548. The molecule has 0 unspecified atom stereocenters. The summed E-state index contributed by atoms with van der Waals surface area (Å²) in [6.07, 6.45) is 1.09. The Kier molecular flexibility index (Phi) is 6.52. The van der Waals surface area contributed by atoms with Crippen LogP contribution in [0.5, 0.6) is 5.75 Å². The van der Waals surface area contributed by atoms with E-state index in [4.69, 9.17) is 14.7 Å². The number of methoxy groups -OCH3 is 1. The second-order valence-electron chi connectivity index (χ2n) is 7.82. The van der Waals surface area contributed by atoms with Crippen LogP contribution in [0.2, 0.25) is 0 Å². The fraction of sp³-hybridized carbons (Fsp3) is 0.333. The number of nitrogens with one attached hydrogen (secondary N) is 3. The highest BCUT2D eigenvalue weighted by Crippen LogP contribution is 2.26. The zero-order valence-corrected chi connectivity index (χ0v) is 18.4. The Balaban J connectivity index is 1.66. The van der Waals surface area contributed by atoms with Crippen LogP contribution in [0, 0.1) is 13.8 Å². The summed E-state index contributed by atoms with van der Waals surface area (Å²) in [5, 5.41) is 10.3. The molecule has 1 aromatic heterocycles. The van der Waals surface area contributed by atoms with Crippen LogP contribution in [0.15, 0.2) is 48.5 Å². The van der Waals surface area contributed by atoms with Gasteiger partial charge < -0.3 is 25.6 Å². The SMILES string of the molecule is COc1ccc(Nc2nc(Nc3cc(C)ccc3C)cc(N3CCCNCC3)n2)cc1. The minimum Gasteiger partial charge on any atom is -0.497 e. The highest BCUT2D eigenvalue weighted by atomic mass is 16.5. The number of hydrogen-bond acceptors (Lipinski definition) is 7. The summed E-state index contributed by atoms with van der Waals surface area (Å²) in [4.78, 5) is 11.9. The molecule has 2 aromatic carbocycles. The van der Waals surface area contributed by atoms with E-state index in [9.17, 15) is 0 Å². The van der Waals surface area contributed by atoms with Gasteiger partial charge in [0.1, 0.15) is 17.4 Å². The van der Waals surface area contributed by atoms with Crippen LogP contribution in [-0.2, 0) is 0 Å². The number of anilines is 5. The van der Waals surface area contributed by atoms with E-state index in [-0.39, 0.29) is 0 Å². The Morgan fingerprint density at radius 1 is 0.935 bits per heavy atom. The molecule has 3 N–H and O–H groups in total. The molecule has 3 aromatic rings. The molecule has 7 heteroatoms. The van der Waals surface area contributed by atoms with Crippen molar-refractivity contribution in [3.05, 3.63) is 59.7 Å². The molecular weight excluding hydrogens is 388 g/mol. The Hall–Kier alpha value is -3.32. The summed E-state index contributed by atoms with van der Waals surface area (Å²) in [6.45, 7) is 8.06. The third-order valence-electron chi connectivity index (χ3n) is 5.38. The van der Waals surface area contributed by atoms with Gasteiger partial charge in [-0.25, -0.2) is 0 Å². The van der Waals surface area contributed by atoms with Crippen LogP contribution in [0.3, 0.4) is 0 Å². The maximum absolute atomic E-state index is 5.25. The molecule has 0 atom stereocenters. The third-order valence-corrected chi connectivity index (χ3v) is 5.38. The van der Waals surface area contributed by atoms with Gasteiger partial charge in [-0.05, 0) is 68.3 Å². The van der Waals surface area contributed by atoms with Crippen LogP contribution in [-0.4, -0.2) is 43.3 Å². The number of ether oxygens (including phenoxy) is 1. The Bertz CT molecular complexity index is 1010. The van der Waals surface area contributed by atoms with Crippen molar-refractivity contribution in [2.75, 3.05) is 48.8 Å². The first-order valence-corrected chi connectivity index (χ1v) is 10.7. The number of aromatic nitrogens is 2. The molecule has 1 fully saturated rings. The first kappa shape index (κ1) is 20.9. The molecule has 4 rings (SSSR count). The lowest BCUT2D eigenvalue weighted by atomic mass is 10.1. The molecule has 1 aliphatic heterocycles. The van der Waals surface area contributed by atoms with Gasteiger partial charge in [-0.3, -0.25) is 0 Å². The molecule has 162 valence electrons. The van der Waals surface area contributed by atoms with Crippen molar-refractivity contribution in [1.29, 1.82) is 0 Å². The van der Waals surface area contributed by atoms with Crippen molar-refractivity contribution in [2.24, 2.45) is 0 Å². The molecule has 0 bridgehead atoms. The van der Waals surface area contributed by atoms with Crippen LogP contribution in [0.4, 0.5) is 29.0 Å². The maximum atomic E-state index is 5.25. The van der Waals surface area contributed by atoms with E-state index < -0.39 is 0 Å². The first-order valence-electron chi connectivity index (χ1n) is 10.7. The van der Waals surface area contributed by atoms with Gasteiger partial charge in [0.05, 0.1) is 7.11 Å². The molecule has 2 heterocycles. The summed E-state index contributed by atoms with van der Waals surface area (Å²) in [6, 6.07) is 16.2. The maximum Gasteiger partial charge on any atom is 0.231 e. The van der Waals surface area contributed by atoms with Crippen molar-refractivity contribution in [2.45, 2.75) is 20.3 Å². The van der Waals surface area contributed by atoms with E-state index in [0.29, 0.717) is 5.95 Å². The summed E-state index contributed by atoms with van der Waals surface area (Å²) < 4.78 is 5.25. The number of hydrogen-bond donors (Lipinski definition) is 3. The van der Waals surface area contributed by atoms with E-state index in [0.717, 1.165) is 61.4 Å². The standard InChI is InChI=1S/C24H30N6O/c1-17-5-6-18(2)21(15-17)27-22-16-23(30-13-4-11-25-12-14-30)29-24(28-22)26-19-7-9-20(31-3)10-8-19/h5-10,15-16,25H,4,11-14H2,1-3H3,(H2,26,27,28,29).